The van der Waals surface area contributed by atoms with E-state index in [1.165, 1.54) is 0 Å². The monoisotopic (exact) mass is 267 g/mol. The molecule has 0 unspecified atom stereocenters. The topological polar surface area (TPSA) is 71.8 Å². The second kappa shape index (κ2) is 7.23. The number of nitrogens with zero attached hydrogens (tertiary/aromatic N) is 3. The molecule has 1 amide bonds. The van der Waals surface area contributed by atoms with Gasteiger partial charge in [-0.3, -0.25) is 4.79 Å². The lowest BCUT2D eigenvalue weighted by atomic mass is 10.0. The predicted octanol–water partition coefficient (Wildman–Crippen LogP) is 1.08. The first kappa shape index (κ1) is 15.6. The number of hydrogen-bond acceptors (Lipinski definition) is 4. The molecule has 0 atom stereocenters. The molecule has 0 fully saturated rings. The van der Waals surface area contributed by atoms with Crippen LogP contribution in [0.3, 0.4) is 0 Å². The third-order valence-electron chi connectivity index (χ3n) is 2.99. The fourth-order valence-corrected chi connectivity index (χ4v) is 1.54. The minimum atomic E-state index is -0.177. The molecular weight excluding hydrogens is 242 g/mol. The highest BCUT2D eigenvalue weighted by Crippen LogP contribution is 2.06. The lowest BCUT2D eigenvalue weighted by Gasteiger charge is -2.24. The van der Waals surface area contributed by atoms with Gasteiger partial charge in [0.05, 0.1) is 11.9 Å². The van der Waals surface area contributed by atoms with Crippen LogP contribution >= 0.6 is 0 Å². The Hall–Kier alpha value is -1.43. The van der Waals surface area contributed by atoms with Gasteiger partial charge in [-0.15, -0.1) is 5.10 Å². The first-order chi connectivity index (χ1) is 8.96. The molecule has 0 aliphatic heterocycles. The first-order valence-electron chi connectivity index (χ1n) is 6.87. The van der Waals surface area contributed by atoms with Crippen molar-refractivity contribution in [1.29, 1.82) is 0 Å². The van der Waals surface area contributed by atoms with Gasteiger partial charge in [0, 0.05) is 12.1 Å². The summed E-state index contributed by atoms with van der Waals surface area (Å²) in [5.41, 5.74) is 0.680. The molecule has 19 heavy (non-hydrogen) atoms. The Kier molecular flexibility index (Phi) is 5.95. The molecule has 0 spiro atoms. The van der Waals surface area contributed by atoms with Crippen LogP contribution in [-0.2, 0) is 17.9 Å². The van der Waals surface area contributed by atoms with Crippen molar-refractivity contribution in [3.05, 3.63) is 11.9 Å². The molecule has 0 saturated carbocycles. The number of rotatable bonds is 8. The van der Waals surface area contributed by atoms with Gasteiger partial charge >= 0.3 is 0 Å². The van der Waals surface area contributed by atoms with Crippen LogP contribution in [0.5, 0.6) is 0 Å². The Bertz CT molecular complexity index is 399. The van der Waals surface area contributed by atoms with Gasteiger partial charge in [-0.1, -0.05) is 19.1 Å². The average molecular weight is 267 g/mol. The van der Waals surface area contributed by atoms with Gasteiger partial charge in [0.15, 0.2) is 0 Å². The van der Waals surface area contributed by atoms with E-state index in [2.05, 4.69) is 27.9 Å². The highest BCUT2D eigenvalue weighted by Gasteiger charge is 2.18. The van der Waals surface area contributed by atoms with Gasteiger partial charge in [-0.2, -0.15) is 0 Å². The average Bonchev–Trinajstić information content (AvgIpc) is 2.76. The van der Waals surface area contributed by atoms with Crippen LogP contribution in [0.4, 0.5) is 0 Å². The quantitative estimate of drug-likeness (QED) is 0.691. The van der Waals surface area contributed by atoms with Crippen LogP contribution in [0.15, 0.2) is 6.20 Å². The van der Waals surface area contributed by atoms with Crippen molar-refractivity contribution in [1.82, 2.24) is 25.6 Å². The Labute approximate surface area is 115 Å². The number of hydrogen-bond donors (Lipinski definition) is 2. The molecule has 0 radical (unpaired) electrons. The van der Waals surface area contributed by atoms with E-state index in [-0.39, 0.29) is 18.0 Å². The number of nitrogens with one attached hydrogen (secondary N) is 2. The summed E-state index contributed by atoms with van der Waals surface area (Å²) >= 11 is 0. The molecule has 108 valence electrons. The molecule has 0 aromatic carbocycles. The first-order valence-corrected chi connectivity index (χ1v) is 6.87. The van der Waals surface area contributed by atoms with Gasteiger partial charge in [-0.05, 0) is 33.2 Å². The largest absolute Gasteiger partial charge is 0.350 e. The van der Waals surface area contributed by atoms with Crippen molar-refractivity contribution >= 4 is 5.91 Å². The maximum atomic E-state index is 11.8. The van der Waals surface area contributed by atoms with Crippen LogP contribution in [-0.4, -0.2) is 33.0 Å². The zero-order chi connectivity index (χ0) is 14.3. The Morgan fingerprint density at radius 3 is 2.79 bits per heavy atom. The summed E-state index contributed by atoms with van der Waals surface area (Å²) in [6.07, 6.45) is 3.78. The normalized spacial score (nSPS) is 11.6. The van der Waals surface area contributed by atoms with Crippen molar-refractivity contribution < 1.29 is 4.79 Å². The summed E-state index contributed by atoms with van der Waals surface area (Å²) in [4.78, 5) is 11.8. The molecule has 0 bridgehead atoms. The molecule has 1 aromatic heterocycles. The van der Waals surface area contributed by atoms with Crippen molar-refractivity contribution in [2.24, 2.45) is 0 Å². The summed E-state index contributed by atoms with van der Waals surface area (Å²) in [6, 6.07) is 0. The fraction of sp³-hybridized carbons (Fsp3) is 0.769. The van der Waals surface area contributed by atoms with E-state index in [0.717, 1.165) is 25.1 Å². The Balaban J connectivity index is 2.42. The zero-order valence-electron chi connectivity index (χ0n) is 12.4. The van der Waals surface area contributed by atoms with Crippen LogP contribution in [0.1, 0.15) is 46.2 Å². The number of carbonyl (C=O) groups excluding carboxylic acids is 1. The van der Waals surface area contributed by atoms with Crippen molar-refractivity contribution in [3.63, 3.8) is 0 Å². The minimum Gasteiger partial charge on any atom is -0.350 e. The minimum absolute atomic E-state index is 0.0372. The molecule has 1 aromatic rings. The molecule has 0 aliphatic carbocycles. The summed E-state index contributed by atoms with van der Waals surface area (Å²) in [5, 5.41) is 14.2. The summed E-state index contributed by atoms with van der Waals surface area (Å²) in [5.74, 6) is -0.0372. The van der Waals surface area contributed by atoms with E-state index in [1.54, 1.807) is 10.9 Å². The molecule has 0 aliphatic rings. The Morgan fingerprint density at radius 1 is 1.42 bits per heavy atom. The van der Waals surface area contributed by atoms with E-state index in [9.17, 15) is 4.79 Å². The van der Waals surface area contributed by atoms with Crippen LogP contribution < -0.4 is 10.6 Å². The SMILES string of the molecule is CCCNCc1cn(CC(=O)NC(C)(C)CC)nn1. The third-order valence-corrected chi connectivity index (χ3v) is 2.99. The molecule has 0 saturated heterocycles. The number of carbonyl (C=O) groups is 1. The molecule has 1 rings (SSSR count). The predicted molar refractivity (Wildman–Crippen MR) is 74.5 cm³/mol. The van der Waals surface area contributed by atoms with Gasteiger partial charge < -0.3 is 10.6 Å². The molecular formula is C13H25N5O. The zero-order valence-corrected chi connectivity index (χ0v) is 12.4. The van der Waals surface area contributed by atoms with Crippen LogP contribution in [0.2, 0.25) is 0 Å². The second-order valence-electron chi connectivity index (χ2n) is 5.37. The van der Waals surface area contributed by atoms with Gasteiger partial charge in [0.25, 0.3) is 0 Å². The van der Waals surface area contributed by atoms with E-state index in [0.29, 0.717) is 6.54 Å². The van der Waals surface area contributed by atoms with E-state index in [1.807, 2.05) is 20.8 Å². The standard InChI is InChI=1S/C13H25N5O/c1-5-7-14-8-11-9-18(17-16-11)10-12(19)15-13(3,4)6-2/h9,14H,5-8,10H2,1-4H3,(H,15,19). The smallest absolute Gasteiger partial charge is 0.242 e. The number of amides is 1. The van der Waals surface area contributed by atoms with E-state index in [4.69, 9.17) is 0 Å². The van der Waals surface area contributed by atoms with Crippen LogP contribution in [0.25, 0.3) is 0 Å². The Morgan fingerprint density at radius 2 is 2.16 bits per heavy atom. The van der Waals surface area contributed by atoms with Crippen molar-refractivity contribution in [3.8, 4) is 0 Å². The van der Waals surface area contributed by atoms with Gasteiger partial charge in [0.2, 0.25) is 5.91 Å². The lowest BCUT2D eigenvalue weighted by Crippen LogP contribution is -2.44. The fourth-order valence-electron chi connectivity index (χ4n) is 1.54. The summed E-state index contributed by atoms with van der Waals surface area (Å²) in [6.45, 7) is 10.0. The lowest BCUT2D eigenvalue weighted by molar-refractivity contribution is -0.123. The van der Waals surface area contributed by atoms with E-state index >= 15 is 0 Å². The van der Waals surface area contributed by atoms with Crippen molar-refractivity contribution in [2.75, 3.05) is 6.54 Å². The molecule has 6 heteroatoms. The third kappa shape index (κ3) is 5.83. The van der Waals surface area contributed by atoms with Crippen LogP contribution in [0, 0.1) is 0 Å². The number of aromatic nitrogens is 3. The van der Waals surface area contributed by atoms with Crippen molar-refractivity contribution in [2.45, 2.75) is 59.2 Å². The molecule has 6 nitrogen and oxygen atoms in total. The second-order valence-corrected chi connectivity index (χ2v) is 5.37. The van der Waals surface area contributed by atoms with Gasteiger partial charge in [0.1, 0.15) is 6.54 Å². The summed E-state index contributed by atoms with van der Waals surface area (Å²) in [7, 11) is 0. The van der Waals surface area contributed by atoms with Gasteiger partial charge in [-0.25, -0.2) is 4.68 Å². The maximum absolute atomic E-state index is 11.8. The molecule has 1 heterocycles. The van der Waals surface area contributed by atoms with E-state index < -0.39 is 0 Å². The maximum Gasteiger partial charge on any atom is 0.242 e. The highest BCUT2D eigenvalue weighted by molar-refractivity contribution is 5.76. The molecule has 2 N–H and O–H groups in total. The highest BCUT2D eigenvalue weighted by atomic mass is 16.2. The summed E-state index contributed by atoms with van der Waals surface area (Å²) < 4.78 is 1.57.